The summed E-state index contributed by atoms with van der Waals surface area (Å²) in [5.74, 6) is 0.135. The van der Waals surface area contributed by atoms with Gasteiger partial charge in [-0.25, -0.2) is 10.1 Å². The number of carbonyl (C=O) groups excluding carboxylic acids is 1. The van der Waals surface area contributed by atoms with Crippen molar-refractivity contribution in [1.29, 1.82) is 0 Å². The third-order valence-corrected chi connectivity index (χ3v) is 6.07. The molecule has 4 rings (SSSR count). The van der Waals surface area contributed by atoms with Gasteiger partial charge in [-0.05, 0) is 13.0 Å². The molecule has 1 saturated heterocycles. The van der Waals surface area contributed by atoms with Gasteiger partial charge in [-0.1, -0.05) is 0 Å². The Morgan fingerprint density at radius 2 is 2.00 bits per heavy atom. The van der Waals surface area contributed by atoms with Gasteiger partial charge in [0, 0.05) is 31.9 Å². The highest BCUT2D eigenvalue weighted by Gasteiger charge is 2.39. The number of aromatic nitrogens is 3. The van der Waals surface area contributed by atoms with E-state index < -0.39 is 40.8 Å². The van der Waals surface area contributed by atoms with Crippen LogP contribution in [0.4, 0.5) is 37.8 Å². The Labute approximate surface area is 211 Å². The maximum absolute atomic E-state index is 13.2. The SMILES string of the molecule is C[C@@H](COCCC(=O)N1CCN2c3ncc(C(F)(F)F)cc3OCC2C1)Nc1cn[nH]c(=O)c1C(F)(F)F. The Hall–Kier alpha value is -3.56. The highest BCUT2D eigenvalue weighted by atomic mass is 19.4. The minimum atomic E-state index is -4.87. The summed E-state index contributed by atoms with van der Waals surface area (Å²) >= 11 is 0. The van der Waals surface area contributed by atoms with Gasteiger partial charge in [0.15, 0.2) is 11.6 Å². The molecule has 0 spiro atoms. The number of carbonyl (C=O) groups is 1. The molecule has 2 atom stereocenters. The van der Waals surface area contributed by atoms with Crippen molar-refractivity contribution in [1.82, 2.24) is 20.1 Å². The predicted molar refractivity (Wildman–Crippen MR) is 121 cm³/mol. The number of H-pyrrole nitrogens is 1. The molecule has 1 fully saturated rings. The first kappa shape index (κ1) is 27.5. The van der Waals surface area contributed by atoms with E-state index in [1.54, 1.807) is 16.9 Å². The molecule has 2 aliphatic heterocycles. The van der Waals surface area contributed by atoms with Crippen molar-refractivity contribution < 1.29 is 40.6 Å². The van der Waals surface area contributed by atoms with Crippen LogP contribution in [0.2, 0.25) is 0 Å². The Morgan fingerprint density at radius 3 is 2.71 bits per heavy atom. The van der Waals surface area contributed by atoms with Gasteiger partial charge >= 0.3 is 12.4 Å². The third kappa shape index (κ3) is 6.11. The minimum Gasteiger partial charge on any atom is -0.487 e. The molecule has 2 aliphatic rings. The molecule has 208 valence electrons. The second kappa shape index (κ2) is 10.7. The molecule has 0 saturated carbocycles. The van der Waals surface area contributed by atoms with Crippen LogP contribution in [0.15, 0.2) is 23.3 Å². The first-order chi connectivity index (χ1) is 17.8. The molecule has 16 heteroatoms. The molecule has 1 unspecified atom stereocenters. The molecular weight excluding hydrogens is 526 g/mol. The fourth-order valence-corrected chi connectivity index (χ4v) is 4.28. The van der Waals surface area contributed by atoms with Crippen LogP contribution >= 0.6 is 0 Å². The lowest BCUT2D eigenvalue weighted by atomic mass is 10.1. The topological polar surface area (TPSA) is 113 Å². The highest BCUT2D eigenvalue weighted by Crippen LogP contribution is 2.38. The van der Waals surface area contributed by atoms with E-state index in [2.05, 4.69) is 15.4 Å². The quantitative estimate of drug-likeness (QED) is 0.400. The maximum atomic E-state index is 13.2. The highest BCUT2D eigenvalue weighted by molar-refractivity contribution is 5.77. The van der Waals surface area contributed by atoms with E-state index in [9.17, 15) is 35.9 Å². The normalized spacial score (nSPS) is 18.3. The molecular formula is C22H24F6N6O4. The molecule has 2 aromatic rings. The van der Waals surface area contributed by atoms with Gasteiger partial charge in [-0.15, -0.1) is 0 Å². The standard InChI is InChI=1S/C22H24F6N6O4/c1-12(31-15-8-30-32-20(36)18(15)22(26,27)28)10-37-5-2-17(35)33-3-4-34-14(9-33)11-38-16-6-13(21(23,24)25)7-29-19(16)34/h6-8,12,14H,2-5,9-11H2,1H3,(H2,31,32,36)/t12-,14?/m0/s1. The molecule has 0 radical (unpaired) electrons. The summed E-state index contributed by atoms with van der Waals surface area (Å²) in [6, 6.07) is 0.0164. The van der Waals surface area contributed by atoms with Crippen molar-refractivity contribution in [3.05, 3.63) is 39.9 Å². The fraction of sp³-hybridized carbons (Fsp3) is 0.545. The number of fused-ring (bicyclic) bond motifs is 3. The lowest BCUT2D eigenvalue weighted by Crippen LogP contribution is -2.58. The van der Waals surface area contributed by atoms with E-state index in [1.165, 1.54) is 0 Å². The molecule has 4 heterocycles. The lowest BCUT2D eigenvalue weighted by Gasteiger charge is -2.44. The monoisotopic (exact) mass is 550 g/mol. The van der Waals surface area contributed by atoms with E-state index >= 15 is 0 Å². The fourth-order valence-electron chi connectivity index (χ4n) is 4.28. The van der Waals surface area contributed by atoms with Crippen molar-refractivity contribution in [2.24, 2.45) is 0 Å². The molecule has 2 aromatic heterocycles. The van der Waals surface area contributed by atoms with E-state index in [4.69, 9.17) is 9.47 Å². The minimum absolute atomic E-state index is 0.0105. The number of rotatable bonds is 7. The second-order valence-electron chi connectivity index (χ2n) is 8.90. The number of nitrogens with zero attached hydrogens (tertiary/aromatic N) is 4. The smallest absolute Gasteiger partial charge is 0.423 e. The van der Waals surface area contributed by atoms with Crippen LogP contribution in [0.3, 0.4) is 0 Å². The first-order valence-electron chi connectivity index (χ1n) is 11.6. The second-order valence-corrected chi connectivity index (χ2v) is 8.90. The maximum Gasteiger partial charge on any atom is 0.423 e. The molecule has 2 N–H and O–H groups in total. The van der Waals surface area contributed by atoms with Crippen LogP contribution in [-0.2, 0) is 21.9 Å². The molecule has 10 nitrogen and oxygen atoms in total. The molecule has 0 aliphatic carbocycles. The molecule has 38 heavy (non-hydrogen) atoms. The lowest BCUT2D eigenvalue weighted by molar-refractivity contribution is -0.138. The van der Waals surface area contributed by atoms with Crippen molar-refractivity contribution in [3.8, 4) is 5.75 Å². The van der Waals surface area contributed by atoms with Gasteiger partial charge in [0.1, 0.15) is 12.2 Å². The zero-order valence-corrected chi connectivity index (χ0v) is 20.0. The summed E-state index contributed by atoms with van der Waals surface area (Å²) in [5, 5.41) is 7.69. The van der Waals surface area contributed by atoms with E-state index in [1.807, 2.05) is 4.90 Å². The summed E-state index contributed by atoms with van der Waals surface area (Å²) in [7, 11) is 0. The summed E-state index contributed by atoms with van der Waals surface area (Å²) < 4.78 is 89.2. The number of hydrogen-bond donors (Lipinski definition) is 2. The molecule has 1 amide bonds. The van der Waals surface area contributed by atoms with E-state index in [0.717, 1.165) is 18.5 Å². The van der Waals surface area contributed by atoms with Crippen molar-refractivity contribution in [2.45, 2.75) is 37.8 Å². The van der Waals surface area contributed by atoms with Gasteiger partial charge < -0.3 is 24.6 Å². The van der Waals surface area contributed by atoms with Crippen LogP contribution in [-0.4, -0.2) is 77.5 Å². The Bertz CT molecular complexity index is 1220. The number of pyridine rings is 1. The summed E-state index contributed by atoms with van der Waals surface area (Å²) in [6.07, 6.45) is -7.77. The van der Waals surface area contributed by atoms with Crippen molar-refractivity contribution >= 4 is 17.4 Å². The zero-order valence-electron chi connectivity index (χ0n) is 20.0. The number of halogens is 6. The van der Waals surface area contributed by atoms with Crippen molar-refractivity contribution in [3.63, 3.8) is 0 Å². The third-order valence-electron chi connectivity index (χ3n) is 6.07. The Balaban J connectivity index is 1.24. The molecule has 0 aromatic carbocycles. The average molecular weight is 550 g/mol. The Morgan fingerprint density at radius 1 is 1.24 bits per heavy atom. The summed E-state index contributed by atoms with van der Waals surface area (Å²) in [4.78, 5) is 31.6. The zero-order chi connectivity index (χ0) is 27.7. The van der Waals surface area contributed by atoms with Crippen LogP contribution in [0.1, 0.15) is 24.5 Å². The van der Waals surface area contributed by atoms with Gasteiger partial charge in [0.25, 0.3) is 5.56 Å². The Kier molecular flexibility index (Phi) is 7.71. The van der Waals surface area contributed by atoms with Crippen LogP contribution in [0.25, 0.3) is 0 Å². The number of amides is 1. The van der Waals surface area contributed by atoms with Crippen LogP contribution < -0.4 is 20.5 Å². The van der Waals surface area contributed by atoms with E-state index in [-0.39, 0.29) is 50.5 Å². The number of piperazine rings is 1. The van der Waals surface area contributed by atoms with Crippen LogP contribution in [0.5, 0.6) is 5.75 Å². The van der Waals surface area contributed by atoms with Crippen molar-refractivity contribution in [2.75, 3.05) is 49.7 Å². The molecule has 0 bridgehead atoms. The van der Waals surface area contributed by atoms with Crippen LogP contribution in [0, 0.1) is 0 Å². The largest absolute Gasteiger partial charge is 0.487 e. The number of nitrogens with one attached hydrogen (secondary N) is 2. The number of alkyl halides is 6. The van der Waals surface area contributed by atoms with Gasteiger partial charge in [-0.3, -0.25) is 9.59 Å². The number of hydrogen-bond acceptors (Lipinski definition) is 8. The average Bonchev–Trinajstić information content (AvgIpc) is 2.84. The number of ether oxygens (including phenoxy) is 2. The predicted octanol–water partition coefficient (Wildman–Crippen LogP) is 2.52. The summed E-state index contributed by atoms with van der Waals surface area (Å²) in [5.41, 5.74) is -4.14. The number of aromatic amines is 1. The van der Waals surface area contributed by atoms with E-state index in [0.29, 0.717) is 18.9 Å². The van der Waals surface area contributed by atoms with Gasteiger partial charge in [0.05, 0.1) is 43.1 Å². The first-order valence-corrected chi connectivity index (χ1v) is 11.6. The summed E-state index contributed by atoms with van der Waals surface area (Å²) in [6.45, 7) is 2.59. The number of anilines is 2. The van der Waals surface area contributed by atoms with Gasteiger partial charge in [0.2, 0.25) is 5.91 Å². The van der Waals surface area contributed by atoms with Gasteiger partial charge in [-0.2, -0.15) is 31.4 Å².